The molecular weight excluding hydrogens is 220 g/mol. The Morgan fingerprint density at radius 1 is 1.44 bits per heavy atom. The molecule has 0 aromatic rings. The van der Waals surface area contributed by atoms with Crippen LogP contribution >= 0.6 is 11.8 Å². The van der Waals surface area contributed by atoms with E-state index in [0.29, 0.717) is 24.4 Å². The number of hydrogen-bond acceptors (Lipinski definition) is 3. The number of nitrogens with one attached hydrogen (secondary N) is 1. The predicted octanol–water partition coefficient (Wildman–Crippen LogP) is 1.48. The van der Waals surface area contributed by atoms with Gasteiger partial charge < -0.3 is 10.2 Å². The lowest BCUT2D eigenvalue weighted by Gasteiger charge is -2.25. The Hall–Kier alpha value is -0.220. The zero-order valence-electron chi connectivity index (χ0n) is 10.1. The van der Waals surface area contributed by atoms with Crippen LogP contribution in [0.5, 0.6) is 0 Å². The second-order valence-corrected chi connectivity index (χ2v) is 5.80. The van der Waals surface area contributed by atoms with Crippen LogP contribution in [-0.4, -0.2) is 48.0 Å². The van der Waals surface area contributed by atoms with E-state index in [1.54, 1.807) is 11.8 Å². The predicted molar refractivity (Wildman–Crippen MR) is 68.8 cm³/mol. The first-order valence-corrected chi connectivity index (χ1v) is 7.72. The molecule has 0 radical (unpaired) electrons. The van der Waals surface area contributed by atoms with E-state index >= 15 is 0 Å². The summed E-state index contributed by atoms with van der Waals surface area (Å²) in [6, 6.07) is 1.12. The van der Waals surface area contributed by atoms with Crippen LogP contribution in [0.4, 0.5) is 0 Å². The highest BCUT2D eigenvalue weighted by Gasteiger charge is 2.33. The van der Waals surface area contributed by atoms with Crippen molar-refractivity contribution in [1.29, 1.82) is 0 Å². The lowest BCUT2D eigenvalue weighted by molar-refractivity contribution is -0.131. The molecule has 2 fully saturated rings. The van der Waals surface area contributed by atoms with Gasteiger partial charge in [-0.2, -0.15) is 11.8 Å². The summed E-state index contributed by atoms with van der Waals surface area (Å²) in [5, 5.41) is 3.48. The average molecular weight is 242 g/mol. The van der Waals surface area contributed by atoms with Crippen LogP contribution in [0.3, 0.4) is 0 Å². The van der Waals surface area contributed by atoms with Gasteiger partial charge in [0, 0.05) is 30.8 Å². The highest BCUT2D eigenvalue weighted by molar-refractivity contribution is 7.98. The lowest BCUT2D eigenvalue weighted by atomic mass is 10.2. The van der Waals surface area contributed by atoms with Crippen molar-refractivity contribution >= 4 is 17.7 Å². The Labute approximate surface area is 102 Å². The molecule has 1 saturated carbocycles. The Morgan fingerprint density at radius 2 is 2.25 bits per heavy atom. The largest absolute Gasteiger partial charge is 0.338 e. The first-order valence-electron chi connectivity index (χ1n) is 6.33. The number of rotatable bonds is 6. The van der Waals surface area contributed by atoms with Gasteiger partial charge in [-0.05, 0) is 38.5 Å². The highest BCUT2D eigenvalue weighted by atomic mass is 32.2. The van der Waals surface area contributed by atoms with Gasteiger partial charge >= 0.3 is 0 Å². The van der Waals surface area contributed by atoms with E-state index in [9.17, 15) is 4.79 Å². The third-order valence-electron chi connectivity index (χ3n) is 3.41. The molecule has 1 aliphatic heterocycles. The van der Waals surface area contributed by atoms with Crippen LogP contribution in [0, 0.1) is 0 Å². The standard InChI is InChI=1S/C12H22N2OS/c1-16-8-6-12(15)14(11-4-5-11)9-10-3-2-7-13-10/h10-11,13H,2-9H2,1H3. The number of amides is 1. The quantitative estimate of drug-likeness (QED) is 0.766. The summed E-state index contributed by atoms with van der Waals surface area (Å²) in [6.07, 6.45) is 7.72. The number of carbonyl (C=O) groups is 1. The molecule has 1 amide bonds. The summed E-state index contributed by atoms with van der Waals surface area (Å²) < 4.78 is 0. The Bertz CT molecular complexity index is 237. The Morgan fingerprint density at radius 3 is 2.81 bits per heavy atom. The minimum Gasteiger partial charge on any atom is -0.338 e. The Balaban J connectivity index is 1.81. The smallest absolute Gasteiger partial charge is 0.223 e. The minimum absolute atomic E-state index is 0.366. The molecule has 1 N–H and O–H groups in total. The van der Waals surface area contributed by atoms with Gasteiger partial charge in [-0.25, -0.2) is 0 Å². The Kier molecular flexibility index (Phi) is 4.53. The SMILES string of the molecule is CSCCC(=O)N(CC1CCCN1)C1CC1. The van der Waals surface area contributed by atoms with E-state index in [2.05, 4.69) is 16.5 Å². The fourth-order valence-electron chi connectivity index (χ4n) is 2.32. The molecule has 16 heavy (non-hydrogen) atoms. The van der Waals surface area contributed by atoms with Gasteiger partial charge in [-0.15, -0.1) is 0 Å². The molecule has 1 aliphatic carbocycles. The summed E-state index contributed by atoms with van der Waals surface area (Å²) in [5.41, 5.74) is 0. The van der Waals surface area contributed by atoms with Crippen molar-refractivity contribution in [3.8, 4) is 0 Å². The maximum Gasteiger partial charge on any atom is 0.223 e. The van der Waals surface area contributed by atoms with Crippen LogP contribution in [0.2, 0.25) is 0 Å². The summed E-state index contributed by atoms with van der Waals surface area (Å²) in [5.74, 6) is 1.32. The van der Waals surface area contributed by atoms with E-state index in [1.807, 2.05) is 0 Å². The molecule has 1 atom stereocenters. The van der Waals surface area contributed by atoms with Gasteiger partial charge in [-0.1, -0.05) is 0 Å². The van der Waals surface area contributed by atoms with Crippen molar-refractivity contribution < 1.29 is 4.79 Å². The summed E-state index contributed by atoms with van der Waals surface area (Å²) >= 11 is 1.76. The zero-order chi connectivity index (χ0) is 11.4. The van der Waals surface area contributed by atoms with E-state index in [4.69, 9.17) is 0 Å². The summed E-state index contributed by atoms with van der Waals surface area (Å²) in [6.45, 7) is 2.07. The van der Waals surface area contributed by atoms with Gasteiger partial charge in [-0.3, -0.25) is 4.79 Å². The average Bonchev–Trinajstić information content (AvgIpc) is 3.00. The number of nitrogens with zero attached hydrogens (tertiary/aromatic N) is 1. The van der Waals surface area contributed by atoms with Crippen LogP contribution in [0.1, 0.15) is 32.1 Å². The maximum atomic E-state index is 12.1. The van der Waals surface area contributed by atoms with Gasteiger partial charge in [0.1, 0.15) is 0 Å². The molecule has 1 unspecified atom stereocenters. The number of thioether (sulfide) groups is 1. The molecule has 0 bridgehead atoms. The van der Waals surface area contributed by atoms with E-state index in [0.717, 1.165) is 18.8 Å². The van der Waals surface area contributed by atoms with Crippen molar-refractivity contribution in [2.45, 2.75) is 44.2 Å². The summed E-state index contributed by atoms with van der Waals surface area (Å²) in [4.78, 5) is 14.2. The topological polar surface area (TPSA) is 32.3 Å². The monoisotopic (exact) mass is 242 g/mol. The molecule has 1 heterocycles. The van der Waals surface area contributed by atoms with E-state index in [1.165, 1.54) is 25.7 Å². The minimum atomic E-state index is 0.366. The third kappa shape index (κ3) is 3.39. The van der Waals surface area contributed by atoms with Gasteiger partial charge in [0.25, 0.3) is 0 Å². The molecule has 92 valence electrons. The highest BCUT2D eigenvalue weighted by Crippen LogP contribution is 2.28. The molecule has 0 spiro atoms. The summed E-state index contributed by atoms with van der Waals surface area (Å²) in [7, 11) is 0. The van der Waals surface area contributed by atoms with Gasteiger partial charge in [0.05, 0.1) is 0 Å². The molecule has 0 aromatic carbocycles. The van der Waals surface area contributed by atoms with Crippen LogP contribution in [0.15, 0.2) is 0 Å². The fourth-order valence-corrected chi connectivity index (χ4v) is 2.70. The van der Waals surface area contributed by atoms with Gasteiger partial charge in [0.15, 0.2) is 0 Å². The zero-order valence-corrected chi connectivity index (χ0v) is 10.9. The molecule has 2 aliphatic rings. The second-order valence-electron chi connectivity index (χ2n) is 4.81. The molecule has 1 saturated heterocycles. The fraction of sp³-hybridized carbons (Fsp3) is 0.917. The van der Waals surface area contributed by atoms with Crippen molar-refractivity contribution in [1.82, 2.24) is 10.2 Å². The van der Waals surface area contributed by atoms with Crippen LogP contribution in [-0.2, 0) is 4.79 Å². The van der Waals surface area contributed by atoms with Gasteiger partial charge in [0.2, 0.25) is 5.91 Å². The maximum absolute atomic E-state index is 12.1. The van der Waals surface area contributed by atoms with Crippen molar-refractivity contribution in [3.63, 3.8) is 0 Å². The first-order chi connectivity index (χ1) is 7.81. The van der Waals surface area contributed by atoms with Crippen molar-refractivity contribution in [3.05, 3.63) is 0 Å². The first kappa shape index (κ1) is 12.2. The van der Waals surface area contributed by atoms with Crippen molar-refractivity contribution in [2.75, 3.05) is 25.1 Å². The number of carbonyl (C=O) groups excluding carboxylic acids is 1. The van der Waals surface area contributed by atoms with E-state index in [-0.39, 0.29) is 0 Å². The molecular formula is C12H22N2OS. The van der Waals surface area contributed by atoms with Crippen LogP contribution in [0.25, 0.3) is 0 Å². The van der Waals surface area contributed by atoms with Crippen LogP contribution < -0.4 is 5.32 Å². The molecule has 3 nitrogen and oxygen atoms in total. The van der Waals surface area contributed by atoms with Crippen molar-refractivity contribution in [2.24, 2.45) is 0 Å². The molecule has 4 heteroatoms. The molecule has 0 aromatic heterocycles. The molecule has 2 rings (SSSR count). The van der Waals surface area contributed by atoms with E-state index < -0.39 is 0 Å². The number of hydrogen-bond donors (Lipinski definition) is 1. The second kappa shape index (κ2) is 5.92. The third-order valence-corrected chi connectivity index (χ3v) is 4.02. The lowest BCUT2D eigenvalue weighted by Crippen LogP contribution is -2.42. The normalized spacial score (nSPS) is 24.7.